The summed E-state index contributed by atoms with van der Waals surface area (Å²) in [4.78, 5) is 15.5. The number of piperidine rings is 1. The maximum atomic E-state index is 12.8. The molecule has 0 spiro atoms. The van der Waals surface area contributed by atoms with Gasteiger partial charge in [-0.25, -0.2) is 0 Å². The van der Waals surface area contributed by atoms with Gasteiger partial charge in [0, 0.05) is 37.3 Å². The van der Waals surface area contributed by atoms with Gasteiger partial charge in [0.15, 0.2) is 5.78 Å². The number of Topliss-reactive ketones (excluding diaryl/α,β-unsaturated/α-hetero) is 1. The molecule has 2 atom stereocenters. The summed E-state index contributed by atoms with van der Waals surface area (Å²) in [5, 5.41) is 4.26. The Morgan fingerprint density at radius 2 is 1.88 bits per heavy atom. The van der Waals surface area contributed by atoms with Crippen LogP contribution in [-0.2, 0) is 13.1 Å². The SMILES string of the molecule is CCn1cc(C(=O)C2CC3CCC(C2)N3Cc2ccccc2)cn1. The lowest BCUT2D eigenvalue weighted by atomic mass is 9.85. The monoisotopic (exact) mass is 323 g/mol. The molecular weight excluding hydrogens is 298 g/mol. The van der Waals surface area contributed by atoms with Crippen LogP contribution in [0.15, 0.2) is 42.7 Å². The van der Waals surface area contributed by atoms with Gasteiger partial charge in [0.25, 0.3) is 0 Å². The minimum Gasteiger partial charge on any atom is -0.294 e. The minimum atomic E-state index is 0.170. The van der Waals surface area contributed by atoms with Crippen LogP contribution in [-0.4, -0.2) is 32.5 Å². The first-order valence-corrected chi connectivity index (χ1v) is 9.11. The van der Waals surface area contributed by atoms with E-state index in [0.29, 0.717) is 17.9 Å². The van der Waals surface area contributed by atoms with E-state index in [9.17, 15) is 4.79 Å². The van der Waals surface area contributed by atoms with E-state index in [2.05, 4.69) is 40.3 Å². The number of carbonyl (C=O) groups is 1. The third-order valence-electron chi connectivity index (χ3n) is 5.70. The number of rotatable bonds is 5. The lowest BCUT2D eigenvalue weighted by Crippen LogP contribution is -2.44. The molecular formula is C20H25N3O. The number of hydrogen-bond donors (Lipinski definition) is 0. The molecule has 0 aliphatic carbocycles. The van der Waals surface area contributed by atoms with Gasteiger partial charge in [-0.1, -0.05) is 30.3 Å². The quantitative estimate of drug-likeness (QED) is 0.790. The second kappa shape index (κ2) is 6.52. The summed E-state index contributed by atoms with van der Waals surface area (Å²) in [6.45, 7) is 3.88. The first-order chi connectivity index (χ1) is 11.7. The van der Waals surface area contributed by atoms with Crippen LogP contribution in [0.4, 0.5) is 0 Å². The van der Waals surface area contributed by atoms with Crippen LogP contribution >= 0.6 is 0 Å². The Bertz CT molecular complexity index is 695. The fourth-order valence-corrected chi connectivity index (χ4v) is 4.44. The normalized spacial score (nSPS) is 26.6. The predicted molar refractivity (Wildman–Crippen MR) is 93.8 cm³/mol. The largest absolute Gasteiger partial charge is 0.294 e. The Kier molecular flexibility index (Phi) is 4.23. The Morgan fingerprint density at radius 1 is 1.17 bits per heavy atom. The van der Waals surface area contributed by atoms with Gasteiger partial charge in [0.2, 0.25) is 0 Å². The third kappa shape index (κ3) is 2.91. The molecule has 2 unspecified atom stereocenters. The van der Waals surface area contributed by atoms with Crippen LogP contribution in [0.1, 0.15) is 48.5 Å². The van der Waals surface area contributed by atoms with Crippen molar-refractivity contribution in [3.05, 3.63) is 53.9 Å². The molecule has 1 aromatic carbocycles. The van der Waals surface area contributed by atoms with Crippen molar-refractivity contribution in [2.24, 2.45) is 5.92 Å². The van der Waals surface area contributed by atoms with Crippen molar-refractivity contribution in [1.82, 2.24) is 14.7 Å². The van der Waals surface area contributed by atoms with Gasteiger partial charge < -0.3 is 0 Å². The molecule has 4 heteroatoms. The zero-order valence-electron chi connectivity index (χ0n) is 14.3. The van der Waals surface area contributed by atoms with E-state index in [1.54, 1.807) is 6.20 Å². The topological polar surface area (TPSA) is 38.1 Å². The van der Waals surface area contributed by atoms with Crippen LogP contribution in [0, 0.1) is 5.92 Å². The number of carbonyl (C=O) groups excluding carboxylic acids is 1. The maximum Gasteiger partial charge on any atom is 0.169 e. The van der Waals surface area contributed by atoms with Gasteiger partial charge in [0.1, 0.15) is 0 Å². The number of nitrogens with zero attached hydrogens (tertiary/aromatic N) is 3. The molecule has 2 fully saturated rings. The fourth-order valence-electron chi connectivity index (χ4n) is 4.44. The lowest BCUT2D eigenvalue weighted by molar-refractivity contribution is 0.0678. The molecule has 0 amide bonds. The standard InChI is InChI=1S/C20H25N3O/c1-2-22-14-17(12-21-22)20(24)16-10-18-8-9-19(11-16)23(18)13-15-6-4-3-5-7-15/h3-7,12,14,16,18-19H,2,8-11,13H2,1H3. The highest BCUT2D eigenvalue weighted by molar-refractivity contribution is 5.97. The van der Waals surface area contributed by atoms with Gasteiger partial charge in [-0.3, -0.25) is 14.4 Å². The molecule has 0 radical (unpaired) electrons. The highest BCUT2D eigenvalue weighted by atomic mass is 16.1. The summed E-state index contributed by atoms with van der Waals surface area (Å²) >= 11 is 0. The highest BCUT2D eigenvalue weighted by Gasteiger charge is 2.42. The van der Waals surface area contributed by atoms with Crippen LogP contribution in [0.5, 0.6) is 0 Å². The van der Waals surface area contributed by atoms with E-state index in [1.807, 2.05) is 17.8 Å². The van der Waals surface area contributed by atoms with Crippen LogP contribution in [0.25, 0.3) is 0 Å². The number of aromatic nitrogens is 2. The zero-order valence-corrected chi connectivity index (χ0v) is 14.3. The van der Waals surface area contributed by atoms with Crippen LogP contribution < -0.4 is 0 Å². The van der Waals surface area contributed by atoms with Gasteiger partial charge in [-0.15, -0.1) is 0 Å². The lowest BCUT2D eigenvalue weighted by Gasteiger charge is -2.38. The number of benzene rings is 1. The Hall–Kier alpha value is -1.94. The molecule has 0 saturated carbocycles. The van der Waals surface area contributed by atoms with Gasteiger partial charge in [-0.2, -0.15) is 5.10 Å². The Balaban J connectivity index is 1.45. The summed E-state index contributed by atoms with van der Waals surface area (Å²) in [7, 11) is 0. The first kappa shape index (κ1) is 15.6. The number of aryl methyl sites for hydroxylation is 1. The Morgan fingerprint density at radius 3 is 2.50 bits per heavy atom. The fraction of sp³-hybridized carbons (Fsp3) is 0.500. The average Bonchev–Trinajstić information content (AvgIpc) is 3.17. The number of fused-ring (bicyclic) bond motifs is 2. The molecule has 1 aromatic heterocycles. The summed E-state index contributed by atoms with van der Waals surface area (Å²) in [5.41, 5.74) is 2.17. The zero-order chi connectivity index (χ0) is 16.5. The third-order valence-corrected chi connectivity index (χ3v) is 5.70. The van der Waals surface area contributed by atoms with Crippen molar-refractivity contribution in [1.29, 1.82) is 0 Å². The van der Waals surface area contributed by atoms with E-state index in [-0.39, 0.29) is 5.92 Å². The predicted octanol–water partition coefficient (Wildman–Crippen LogP) is 3.53. The molecule has 2 aliphatic rings. The van der Waals surface area contributed by atoms with Crippen molar-refractivity contribution < 1.29 is 4.79 Å². The van der Waals surface area contributed by atoms with Crippen molar-refractivity contribution >= 4 is 5.78 Å². The second-order valence-corrected chi connectivity index (χ2v) is 7.16. The van der Waals surface area contributed by atoms with Gasteiger partial charge >= 0.3 is 0 Å². The molecule has 24 heavy (non-hydrogen) atoms. The molecule has 126 valence electrons. The van der Waals surface area contributed by atoms with E-state index in [4.69, 9.17) is 0 Å². The average molecular weight is 323 g/mol. The molecule has 2 bridgehead atoms. The summed E-state index contributed by atoms with van der Waals surface area (Å²) < 4.78 is 1.84. The molecule has 2 aromatic rings. The summed E-state index contributed by atoms with van der Waals surface area (Å²) in [6, 6.07) is 11.8. The van der Waals surface area contributed by atoms with E-state index in [0.717, 1.165) is 31.5 Å². The molecule has 2 saturated heterocycles. The van der Waals surface area contributed by atoms with Gasteiger partial charge in [-0.05, 0) is 38.2 Å². The van der Waals surface area contributed by atoms with Crippen LogP contribution in [0.3, 0.4) is 0 Å². The van der Waals surface area contributed by atoms with Crippen molar-refractivity contribution in [2.75, 3.05) is 0 Å². The first-order valence-electron chi connectivity index (χ1n) is 9.11. The van der Waals surface area contributed by atoms with E-state index in [1.165, 1.54) is 18.4 Å². The number of hydrogen-bond acceptors (Lipinski definition) is 3. The van der Waals surface area contributed by atoms with Crippen LogP contribution in [0.2, 0.25) is 0 Å². The second-order valence-electron chi connectivity index (χ2n) is 7.16. The molecule has 3 heterocycles. The van der Waals surface area contributed by atoms with Gasteiger partial charge in [0.05, 0.1) is 11.8 Å². The molecule has 4 rings (SSSR count). The Labute approximate surface area is 143 Å². The van der Waals surface area contributed by atoms with Crippen molar-refractivity contribution in [3.8, 4) is 0 Å². The molecule has 4 nitrogen and oxygen atoms in total. The minimum absolute atomic E-state index is 0.170. The summed E-state index contributed by atoms with van der Waals surface area (Å²) in [5.74, 6) is 0.468. The summed E-state index contributed by atoms with van der Waals surface area (Å²) in [6.07, 6.45) is 8.11. The van der Waals surface area contributed by atoms with E-state index < -0.39 is 0 Å². The maximum absolute atomic E-state index is 12.8. The van der Waals surface area contributed by atoms with Crippen molar-refractivity contribution in [2.45, 2.75) is 57.8 Å². The highest BCUT2D eigenvalue weighted by Crippen LogP contribution is 2.40. The smallest absolute Gasteiger partial charge is 0.169 e. The molecule has 2 aliphatic heterocycles. The van der Waals surface area contributed by atoms with E-state index >= 15 is 0 Å². The molecule has 0 N–H and O–H groups in total. The number of ketones is 1. The van der Waals surface area contributed by atoms with Crippen molar-refractivity contribution in [3.63, 3.8) is 0 Å².